The van der Waals surface area contributed by atoms with E-state index in [0.717, 1.165) is 25.2 Å². The number of rotatable bonds is 1. The molecule has 0 radical (unpaired) electrons. The summed E-state index contributed by atoms with van der Waals surface area (Å²) in [5.41, 5.74) is -0.179. The Kier molecular flexibility index (Phi) is 2.30. The Morgan fingerprint density at radius 1 is 1.12 bits per heavy atom. The lowest BCUT2D eigenvalue weighted by Crippen LogP contribution is -2.46. The van der Waals surface area contributed by atoms with Gasteiger partial charge in [0.05, 0.1) is 5.60 Å². The van der Waals surface area contributed by atoms with Crippen molar-refractivity contribution in [3.8, 4) is 0 Å². The van der Waals surface area contributed by atoms with Crippen LogP contribution in [0.5, 0.6) is 0 Å². The summed E-state index contributed by atoms with van der Waals surface area (Å²) in [6, 6.07) is 0. The molecule has 3 aliphatic rings. The first kappa shape index (κ1) is 12.0. The van der Waals surface area contributed by atoms with E-state index in [1.54, 1.807) is 0 Å². The van der Waals surface area contributed by atoms with Crippen molar-refractivity contribution in [1.29, 1.82) is 0 Å². The van der Waals surface area contributed by atoms with Crippen molar-refractivity contribution in [2.75, 3.05) is 6.61 Å². The van der Waals surface area contributed by atoms with Crippen LogP contribution >= 0.6 is 0 Å². The van der Waals surface area contributed by atoms with Crippen molar-refractivity contribution < 1.29 is 10.2 Å². The molecule has 0 aromatic carbocycles. The molecule has 3 aliphatic carbocycles. The van der Waals surface area contributed by atoms with Crippen molar-refractivity contribution in [2.24, 2.45) is 28.6 Å². The number of aliphatic hydroxyl groups is 2. The minimum absolute atomic E-state index is 0.0508. The van der Waals surface area contributed by atoms with E-state index in [9.17, 15) is 10.2 Å². The molecule has 3 saturated carbocycles. The van der Waals surface area contributed by atoms with Crippen molar-refractivity contribution in [3.63, 3.8) is 0 Å². The minimum Gasteiger partial charge on any atom is -0.396 e. The van der Waals surface area contributed by atoms with Crippen LogP contribution < -0.4 is 0 Å². The molecule has 0 saturated heterocycles. The quantitative estimate of drug-likeness (QED) is 0.737. The third-order valence-corrected chi connectivity index (χ3v) is 6.93. The Balaban J connectivity index is 2.08. The fraction of sp³-hybridized carbons (Fsp3) is 1.00. The monoisotopic (exact) mass is 238 g/mol. The Bertz CT molecular complexity index is 334. The zero-order valence-electron chi connectivity index (χ0n) is 11.4. The van der Waals surface area contributed by atoms with Gasteiger partial charge in [-0.15, -0.1) is 0 Å². The Morgan fingerprint density at radius 2 is 1.82 bits per heavy atom. The van der Waals surface area contributed by atoms with Crippen LogP contribution in [-0.2, 0) is 0 Å². The van der Waals surface area contributed by atoms with E-state index in [4.69, 9.17) is 0 Å². The van der Waals surface area contributed by atoms with E-state index >= 15 is 0 Å². The SMILES string of the molecule is C[C@@H]1CC[C@H]2C(C)(CO)[C@@H]3C[C@]12CC[C@]3(C)O. The van der Waals surface area contributed by atoms with E-state index in [0.29, 0.717) is 17.3 Å². The Morgan fingerprint density at radius 3 is 2.47 bits per heavy atom. The highest BCUT2D eigenvalue weighted by molar-refractivity contribution is 5.17. The number of hydrogen-bond acceptors (Lipinski definition) is 2. The second-order valence-electron chi connectivity index (χ2n) is 7.54. The maximum atomic E-state index is 10.7. The van der Waals surface area contributed by atoms with Crippen molar-refractivity contribution in [2.45, 2.75) is 58.5 Å². The fourth-order valence-electron chi connectivity index (χ4n) is 5.85. The van der Waals surface area contributed by atoms with Gasteiger partial charge in [0, 0.05) is 6.61 Å². The molecular weight excluding hydrogens is 212 g/mol. The third-order valence-electron chi connectivity index (χ3n) is 6.93. The lowest BCUT2D eigenvalue weighted by Gasteiger charge is -2.44. The van der Waals surface area contributed by atoms with Crippen LogP contribution in [0.15, 0.2) is 0 Å². The first-order chi connectivity index (χ1) is 7.87. The average molecular weight is 238 g/mol. The van der Waals surface area contributed by atoms with Crippen LogP contribution in [0.25, 0.3) is 0 Å². The summed E-state index contributed by atoms with van der Waals surface area (Å²) in [4.78, 5) is 0. The van der Waals surface area contributed by atoms with Crippen LogP contribution in [-0.4, -0.2) is 22.4 Å². The molecule has 1 spiro atoms. The van der Waals surface area contributed by atoms with Gasteiger partial charge in [0.2, 0.25) is 0 Å². The molecule has 0 aromatic rings. The smallest absolute Gasteiger partial charge is 0.0654 e. The standard InChI is InChI=1S/C15H26O2/c1-10-4-5-11-13(2,9-16)12-8-15(10,11)7-6-14(12,3)17/h10-12,16-17H,4-9H2,1-3H3/t10-,11+,12+,13?,14+,15-/m1/s1. The molecule has 0 aromatic heterocycles. The predicted octanol–water partition coefficient (Wildman–Crippen LogP) is 2.58. The van der Waals surface area contributed by atoms with Crippen LogP contribution in [0.2, 0.25) is 0 Å². The molecule has 0 aliphatic heterocycles. The van der Waals surface area contributed by atoms with Gasteiger partial charge >= 0.3 is 0 Å². The first-order valence-corrected chi connectivity index (χ1v) is 7.20. The molecule has 1 unspecified atom stereocenters. The van der Waals surface area contributed by atoms with Crippen molar-refractivity contribution in [1.82, 2.24) is 0 Å². The molecule has 6 atom stereocenters. The van der Waals surface area contributed by atoms with Gasteiger partial charge < -0.3 is 10.2 Å². The van der Waals surface area contributed by atoms with Gasteiger partial charge in [0.1, 0.15) is 0 Å². The lowest BCUT2D eigenvalue weighted by atomic mass is 9.64. The zero-order valence-corrected chi connectivity index (χ0v) is 11.4. The molecule has 2 nitrogen and oxygen atoms in total. The van der Waals surface area contributed by atoms with Crippen LogP contribution in [0.3, 0.4) is 0 Å². The molecule has 98 valence electrons. The second-order valence-corrected chi connectivity index (χ2v) is 7.54. The molecule has 0 amide bonds. The molecule has 2 bridgehead atoms. The van der Waals surface area contributed by atoms with Gasteiger partial charge in [-0.2, -0.15) is 0 Å². The average Bonchev–Trinajstić information content (AvgIpc) is 2.71. The molecule has 17 heavy (non-hydrogen) atoms. The Labute approximate surface area is 104 Å². The Hall–Kier alpha value is -0.0800. The molecule has 2 N–H and O–H groups in total. The summed E-state index contributed by atoms with van der Waals surface area (Å²) in [5.74, 6) is 1.70. The second kappa shape index (κ2) is 3.27. The molecule has 3 fully saturated rings. The van der Waals surface area contributed by atoms with Crippen molar-refractivity contribution >= 4 is 0 Å². The van der Waals surface area contributed by atoms with Gasteiger partial charge in [0.25, 0.3) is 0 Å². The molecule has 3 rings (SSSR count). The maximum absolute atomic E-state index is 10.7. The minimum atomic E-state index is -0.563. The van der Waals surface area contributed by atoms with Gasteiger partial charge in [-0.3, -0.25) is 0 Å². The largest absolute Gasteiger partial charge is 0.396 e. The summed E-state index contributed by atoms with van der Waals surface area (Å²) in [5, 5.41) is 20.6. The van der Waals surface area contributed by atoms with E-state index in [2.05, 4.69) is 13.8 Å². The molecule has 2 heteroatoms. The van der Waals surface area contributed by atoms with Crippen LogP contribution in [0.1, 0.15) is 52.9 Å². The maximum Gasteiger partial charge on any atom is 0.0654 e. The highest BCUT2D eigenvalue weighted by atomic mass is 16.3. The number of fused-ring (bicyclic) bond motifs is 1. The summed E-state index contributed by atoms with van der Waals surface area (Å²) in [6.07, 6.45) is 5.80. The predicted molar refractivity (Wildman–Crippen MR) is 67.5 cm³/mol. The van der Waals surface area contributed by atoms with E-state index in [1.807, 2.05) is 6.92 Å². The lowest BCUT2D eigenvalue weighted by molar-refractivity contribution is -0.0858. The molecular formula is C15H26O2. The first-order valence-electron chi connectivity index (χ1n) is 7.20. The van der Waals surface area contributed by atoms with E-state index in [1.165, 1.54) is 12.8 Å². The van der Waals surface area contributed by atoms with Gasteiger partial charge in [-0.25, -0.2) is 0 Å². The van der Waals surface area contributed by atoms with Gasteiger partial charge in [-0.1, -0.05) is 13.8 Å². The molecule has 0 heterocycles. The van der Waals surface area contributed by atoms with Gasteiger partial charge in [-0.05, 0) is 67.6 Å². The van der Waals surface area contributed by atoms with E-state index < -0.39 is 5.60 Å². The number of hydrogen-bond donors (Lipinski definition) is 2. The van der Waals surface area contributed by atoms with Crippen LogP contribution in [0, 0.1) is 28.6 Å². The number of aliphatic hydroxyl groups excluding tert-OH is 1. The van der Waals surface area contributed by atoms with Crippen molar-refractivity contribution in [3.05, 3.63) is 0 Å². The third kappa shape index (κ3) is 1.24. The highest BCUT2D eigenvalue weighted by Crippen LogP contribution is 2.73. The summed E-state index contributed by atoms with van der Waals surface area (Å²) in [6.45, 7) is 6.85. The highest BCUT2D eigenvalue weighted by Gasteiger charge is 2.68. The zero-order chi connectivity index (χ0) is 12.5. The topological polar surface area (TPSA) is 40.5 Å². The van der Waals surface area contributed by atoms with E-state index in [-0.39, 0.29) is 12.0 Å². The summed E-state index contributed by atoms with van der Waals surface area (Å²) < 4.78 is 0. The summed E-state index contributed by atoms with van der Waals surface area (Å²) >= 11 is 0. The van der Waals surface area contributed by atoms with Gasteiger partial charge in [0.15, 0.2) is 0 Å². The van der Waals surface area contributed by atoms with Crippen LogP contribution in [0.4, 0.5) is 0 Å². The fourth-order valence-corrected chi connectivity index (χ4v) is 5.85. The summed E-state index contributed by atoms with van der Waals surface area (Å²) in [7, 11) is 0. The normalized spacial score (nSPS) is 61.6.